The van der Waals surface area contributed by atoms with Gasteiger partial charge in [-0.25, -0.2) is 9.37 Å². The molecular weight excluding hydrogens is 337 g/mol. The van der Waals surface area contributed by atoms with E-state index in [9.17, 15) is 9.18 Å². The average molecular weight is 352 g/mol. The molecule has 0 bridgehead atoms. The standard InChI is InChI=1S/C15H15BrFN3O/c1-2-4-10-7-9(8-13(18)19-10)15(21)20-14-11(16)5-3-6-12(14)17/h3,5-8H,2,4H2,1H3,(H2,18,19)(H,20,21). The van der Waals surface area contributed by atoms with Gasteiger partial charge in [0.25, 0.3) is 5.91 Å². The molecule has 1 heterocycles. The Hall–Kier alpha value is -1.95. The van der Waals surface area contributed by atoms with E-state index in [1.807, 2.05) is 6.92 Å². The molecule has 3 N–H and O–H groups in total. The van der Waals surface area contributed by atoms with E-state index in [2.05, 4.69) is 26.2 Å². The van der Waals surface area contributed by atoms with Crippen LogP contribution >= 0.6 is 15.9 Å². The van der Waals surface area contributed by atoms with Gasteiger partial charge in [0.1, 0.15) is 11.6 Å². The van der Waals surface area contributed by atoms with Gasteiger partial charge in [-0.05, 0) is 46.6 Å². The highest BCUT2D eigenvalue weighted by Gasteiger charge is 2.13. The molecule has 0 spiro atoms. The highest BCUT2D eigenvalue weighted by molar-refractivity contribution is 9.10. The van der Waals surface area contributed by atoms with Crippen LogP contribution in [0.1, 0.15) is 29.4 Å². The SMILES string of the molecule is CCCc1cc(C(=O)Nc2c(F)cccc2Br)cc(N)n1. The molecule has 0 saturated carbocycles. The Balaban J connectivity index is 2.28. The maximum atomic E-state index is 13.7. The first-order chi connectivity index (χ1) is 10.0. The highest BCUT2D eigenvalue weighted by Crippen LogP contribution is 2.25. The second kappa shape index (κ2) is 6.67. The number of nitrogens with two attached hydrogens (primary N) is 1. The summed E-state index contributed by atoms with van der Waals surface area (Å²) in [7, 11) is 0. The number of amides is 1. The number of para-hydroxylation sites is 1. The summed E-state index contributed by atoms with van der Waals surface area (Å²) in [6.07, 6.45) is 1.63. The van der Waals surface area contributed by atoms with E-state index in [0.29, 0.717) is 10.0 Å². The number of benzene rings is 1. The summed E-state index contributed by atoms with van der Waals surface area (Å²) < 4.78 is 14.2. The molecule has 0 saturated heterocycles. The molecule has 0 aliphatic carbocycles. The number of nitrogens with one attached hydrogen (secondary N) is 1. The molecule has 1 aromatic carbocycles. The monoisotopic (exact) mass is 351 g/mol. The molecule has 110 valence electrons. The summed E-state index contributed by atoms with van der Waals surface area (Å²) in [6, 6.07) is 7.64. The van der Waals surface area contributed by atoms with Gasteiger partial charge in [-0.1, -0.05) is 19.4 Å². The van der Waals surface area contributed by atoms with Gasteiger partial charge in [-0.2, -0.15) is 0 Å². The molecule has 21 heavy (non-hydrogen) atoms. The topological polar surface area (TPSA) is 68.0 Å². The Bertz CT molecular complexity index is 656. The van der Waals surface area contributed by atoms with Gasteiger partial charge in [0.15, 0.2) is 0 Å². The van der Waals surface area contributed by atoms with Crippen molar-refractivity contribution in [3.8, 4) is 0 Å². The maximum absolute atomic E-state index is 13.7. The largest absolute Gasteiger partial charge is 0.384 e. The minimum Gasteiger partial charge on any atom is -0.384 e. The number of halogens is 2. The Morgan fingerprint density at radius 3 is 2.86 bits per heavy atom. The van der Waals surface area contributed by atoms with Crippen molar-refractivity contribution < 1.29 is 9.18 Å². The average Bonchev–Trinajstić information content (AvgIpc) is 2.42. The van der Waals surface area contributed by atoms with Crippen LogP contribution in [0.15, 0.2) is 34.8 Å². The van der Waals surface area contributed by atoms with E-state index >= 15 is 0 Å². The molecule has 4 nitrogen and oxygen atoms in total. The lowest BCUT2D eigenvalue weighted by Crippen LogP contribution is -2.15. The van der Waals surface area contributed by atoms with Gasteiger partial charge in [0.05, 0.1) is 5.69 Å². The predicted octanol–water partition coefficient (Wildman–Crippen LogP) is 3.77. The third kappa shape index (κ3) is 3.78. The fourth-order valence-electron chi connectivity index (χ4n) is 1.93. The van der Waals surface area contributed by atoms with Crippen LogP contribution in [0.4, 0.5) is 15.9 Å². The maximum Gasteiger partial charge on any atom is 0.255 e. The first kappa shape index (κ1) is 15.4. The quantitative estimate of drug-likeness (QED) is 0.880. The van der Waals surface area contributed by atoms with E-state index in [-0.39, 0.29) is 11.5 Å². The molecule has 6 heteroatoms. The molecule has 1 aromatic heterocycles. The second-order valence-electron chi connectivity index (χ2n) is 4.57. The number of hydrogen-bond acceptors (Lipinski definition) is 3. The van der Waals surface area contributed by atoms with Crippen molar-refractivity contribution in [2.75, 3.05) is 11.1 Å². The van der Waals surface area contributed by atoms with Crippen molar-refractivity contribution in [2.45, 2.75) is 19.8 Å². The predicted molar refractivity (Wildman–Crippen MR) is 84.7 cm³/mol. The van der Waals surface area contributed by atoms with Gasteiger partial charge in [-0.15, -0.1) is 0 Å². The third-order valence-corrected chi connectivity index (χ3v) is 3.53. The van der Waals surface area contributed by atoms with E-state index < -0.39 is 11.7 Å². The molecule has 1 amide bonds. The molecule has 0 radical (unpaired) electrons. The summed E-state index contributed by atoms with van der Waals surface area (Å²) in [5.41, 5.74) is 6.92. The summed E-state index contributed by atoms with van der Waals surface area (Å²) in [4.78, 5) is 16.4. The number of pyridine rings is 1. The zero-order valence-corrected chi connectivity index (χ0v) is 13.1. The van der Waals surface area contributed by atoms with E-state index in [4.69, 9.17) is 5.73 Å². The van der Waals surface area contributed by atoms with Crippen LogP contribution in [-0.2, 0) is 6.42 Å². The van der Waals surface area contributed by atoms with Crippen LogP contribution in [-0.4, -0.2) is 10.9 Å². The smallest absolute Gasteiger partial charge is 0.255 e. The number of anilines is 2. The van der Waals surface area contributed by atoms with Gasteiger partial charge >= 0.3 is 0 Å². The molecule has 0 atom stereocenters. The summed E-state index contributed by atoms with van der Waals surface area (Å²) in [5, 5.41) is 2.55. The van der Waals surface area contributed by atoms with Crippen molar-refractivity contribution in [2.24, 2.45) is 0 Å². The minimum atomic E-state index is -0.506. The van der Waals surface area contributed by atoms with Gasteiger partial charge in [0.2, 0.25) is 0 Å². The molecule has 0 fully saturated rings. The fourth-order valence-corrected chi connectivity index (χ4v) is 2.37. The van der Waals surface area contributed by atoms with Crippen molar-refractivity contribution in [1.29, 1.82) is 0 Å². The molecule has 2 rings (SSSR count). The molecule has 0 aliphatic heterocycles. The second-order valence-corrected chi connectivity index (χ2v) is 5.43. The number of carbonyl (C=O) groups is 1. The summed E-state index contributed by atoms with van der Waals surface area (Å²) in [5.74, 6) is -0.653. The third-order valence-electron chi connectivity index (χ3n) is 2.87. The van der Waals surface area contributed by atoms with Gasteiger partial charge < -0.3 is 11.1 Å². The van der Waals surface area contributed by atoms with Crippen molar-refractivity contribution in [3.05, 3.63) is 51.9 Å². The van der Waals surface area contributed by atoms with Crippen LogP contribution in [0.25, 0.3) is 0 Å². The number of aromatic nitrogens is 1. The number of aryl methyl sites for hydroxylation is 1. The van der Waals surface area contributed by atoms with Crippen LogP contribution in [0.3, 0.4) is 0 Å². The summed E-state index contributed by atoms with van der Waals surface area (Å²) >= 11 is 3.21. The van der Waals surface area contributed by atoms with E-state index in [0.717, 1.165) is 18.5 Å². The van der Waals surface area contributed by atoms with Crippen molar-refractivity contribution in [1.82, 2.24) is 4.98 Å². The first-order valence-electron chi connectivity index (χ1n) is 6.53. The van der Waals surface area contributed by atoms with Gasteiger partial charge in [-0.3, -0.25) is 4.79 Å². The fraction of sp³-hybridized carbons (Fsp3) is 0.200. The lowest BCUT2D eigenvalue weighted by Gasteiger charge is -2.10. The number of carbonyl (C=O) groups excluding carboxylic acids is 1. The Morgan fingerprint density at radius 2 is 2.19 bits per heavy atom. The molecule has 2 aromatic rings. The Labute approximate surface area is 130 Å². The van der Waals surface area contributed by atoms with Gasteiger partial charge in [0, 0.05) is 15.7 Å². The van der Waals surface area contributed by atoms with Crippen molar-refractivity contribution >= 4 is 33.3 Å². The van der Waals surface area contributed by atoms with Crippen molar-refractivity contribution in [3.63, 3.8) is 0 Å². The Morgan fingerprint density at radius 1 is 1.43 bits per heavy atom. The first-order valence-corrected chi connectivity index (χ1v) is 7.32. The molecule has 0 unspecified atom stereocenters. The van der Waals surface area contributed by atoms with E-state index in [1.165, 1.54) is 12.1 Å². The normalized spacial score (nSPS) is 10.4. The highest BCUT2D eigenvalue weighted by atomic mass is 79.9. The van der Waals surface area contributed by atoms with Crippen LogP contribution in [0, 0.1) is 5.82 Å². The van der Waals surface area contributed by atoms with Crippen LogP contribution in [0.5, 0.6) is 0 Å². The zero-order valence-electron chi connectivity index (χ0n) is 11.5. The van der Waals surface area contributed by atoms with Crippen LogP contribution < -0.4 is 11.1 Å². The Kier molecular flexibility index (Phi) is 4.90. The number of nitrogen functional groups attached to an aromatic ring is 1. The molecular formula is C15H15BrFN3O. The molecule has 0 aliphatic rings. The minimum absolute atomic E-state index is 0.106. The summed E-state index contributed by atoms with van der Waals surface area (Å²) in [6.45, 7) is 2.01. The van der Waals surface area contributed by atoms with Crippen LogP contribution in [0.2, 0.25) is 0 Å². The lowest BCUT2D eigenvalue weighted by atomic mass is 10.1. The number of nitrogens with zero attached hydrogens (tertiary/aromatic N) is 1. The lowest BCUT2D eigenvalue weighted by molar-refractivity contribution is 0.102. The zero-order chi connectivity index (χ0) is 15.4. The van der Waals surface area contributed by atoms with E-state index in [1.54, 1.807) is 18.2 Å². The number of rotatable bonds is 4. The number of hydrogen-bond donors (Lipinski definition) is 2.